The quantitative estimate of drug-likeness (QED) is 0.848. The first-order valence-corrected chi connectivity index (χ1v) is 6.10. The Balaban J connectivity index is 0.00000110. The zero-order valence-corrected chi connectivity index (χ0v) is 11.6. The topological polar surface area (TPSA) is 52.3 Å². The second-order valence-electron chi connectivity index (χ2n) is 4.28. The zero-order valence-electron chi connectivity index (χ0n) is 11.6. The van der Waals surface area contributed by atoms with Crippen LogP contribution in [0.4, 0.5) is 13.2 Å². The highest BCUT2D eigenvalue weighted by Crippen LogP contribution is 2.28. The maximum atomic E-state index is 12.1. The van der Waals surface area contributed by atoms with E-state index in [-0.39, 0.29) is 18.9 Å². The number of hydrogen-bond donors (Lipinski definition) is 1. The molecule has 0 heterocycles. The molecule has 20 heavy (non-hydrogen) atoms. The highest BCUT2D eigenvalue weighted by molar-refractivity contribution is 5.74. The highest BCUT2D eigenvalue weighted by Gasteiger charge is 2.28. The van der Waals surface area contributed by atoms with Gasteiger partial charge in [-0.1, -0.05) is 24.3 Å². The van der Waals surface area contributed by atoms with Crippen LogP contribution in [0.3, 0.4) is 0 Å². The third-order valence-electron chi connectivity index (χ3n) is 2.60. The summed E-state index contributed by atoms with van der Waals surface area (Å²) in [5.74, 6) is -0.322. The van der Waals surface area contributed by atoms with Gasteiger partial charge >= 0.3 is 6.18 Å². The second-order valence-corrected chi connectivity index (χ2v) is 4.28. The fourth-order valence-electron chi connectivity index (χ4n) is 1.61. The van der Waals surface area contributed by atoms with Gasteiger partial charge in [-0.15, -0.1) is 0 Å². The van der Waals surface area contributed by atoms with E-state index in [4.69, 9.17) is 5.73 Å². The van der Waals surface area contributed by atoms with E-state index in [2.05, 4.69) is 4.74 Å². The highest BCUT2D eigenvalue weighted by atomic mass is 19.4. The molecule has 0 aliphatic rings. The Bertz CT molecular complexity index is 377. The average molecular weight is 291 g/mol. The van der Waals surface area contributed by atoms with Gasteiger partial charge in [0.2, 0.25) is 0 Å². The summed E-state index contributed by atoms with van der Waals surface area (Å²) in [5, 5.41) is 0. The minimum Gasteiger partial charge on any atom is -0.388 e. The molecule has 1 aromatic rings. The van der Waals surface area contributed by atoms with Gasteiger partial charge in [-0.2, -0.15) is 13.2 Å². The lowest BCUT2D eigenvalue weighted by Crippen LogP contribution is -2.16. The summed E-state index contributed by atoms with van der Waals surface area (Å²) in [5.41, 5.74) is 6.71. The van der Waals surface area contributed by atoms with Gasteiger partial charge in [0.25, 0.3) is 0 Å². The number of aldehydes is 1. The van der Waals surface area contributed by atoms with Crippen LogP contribution in [-0.4, -0.2) is 33.2 Å². The molecule has 1 aromatic carbocycles. The summed E-state index contributed by atoms with van der Waals surface area (Å²) in [6.45, 7) is 0.163. The molecular formula is C14H20F3NO2. The molecule has 3 nitrogen and oxygen atoms in total. The first kappa shape index (κ1) is 18.6. The maximum Gasteiger partial charge on any atom is 0.389 e. The van der Waals surface area contributed by atoms with Gasteiger partial charge in [-0.05, 0) is 24.4 Å². The lowest BCUT2D eigenvalue weighted by atomic mass is 9.93. The van der Waals surface area contributed by atoms with Gasteiger partial charge in [0, 0.05) is 26.2 Å². The van der Waals surface area contributed by atoms with Crippen molar-refractivity contribution in [2.24, 2.45) is 5.73 Å². The molecule has 0 radical (unpaired) electrons. The first-order valence-electron chi connectivity index (χ1n) is 6.10. The number of alkyl halides is 3. The van der Waals surface area contributed by atoms with Crippen molar-refractivity contribution in [1.82, 2.24) is 0 Å². The van der Waals surface area contributed by atoms with Crippen LogP contribution in [-0.2, 0) is 4.74 Å². The fraction of sp³-hybridized carbons (Fsp3) is 0.500. The molecule has 0 aliphatic heterocycles. The van der Waals surface area contributed by atoms with E-state index in [0.29, 0.717) is 11.8 Å². The molecule has 0 saturated carbocycles. The molecule has 114 valence electrons. The number of halogens is 3. The molecular weight excluding hydrogens is 271 g/mol. The van der Waals surface area contributed by atoms with Gasteiger partial charge in [0.1, 0.15) is 6.29 Å². The Morgan fingerprint density at radius 2 is 1.75 bits per heavy atom. The Labute approximate surface area is 116 Å². The SMILES string of the molecule is COC.NCC(CCC(F)(F)F)c1ccc(C=O)cc1. The Morgan fingerprint density at radius 1 is 1.25 bits per heavy atom. The van der Waals surface area contributed by atoms with Crippen LogP contribution in [0.2, 0.25) is 0 Å². The first-order chi connectivity index (χ1) is 9.37. The molecule has 0 spiro atoms. The third kappa shape index (κ3) is 7.91. The van der Waals surface area contributed by atoms with E-state index < -0.39 is 12.6 Å². The number of ether oxygens (including phenoxy) is 1. The molecule has 0 aliphatic carbocycles. The van der Waals surface area contributed by atoms with Gasteiger partial charge in [-0.25, -0.2) is 0 Å². The number of benzene rings is 1. The summed E-state index contributed by atoms with van der Waals surface area (Å²) < 4.78 is 40.5. The van der Waals surface area contributed by atoms with Crippen LogP contribution in [0.25, 0.3) is 0 Å². The van der Waals surface area contributed by atoms with Crippen molar-refractivity contribution in [3.8, 4) is 0 Å². The van der Waals surface area contributed by atoms with Crippen molar-refractivity contribution >= 4 is 6.29 Å². The summed E-state index contributed by atoms with van der Waals surface area (Å²) in [6, 6.07) is 6.46. The lowest BCUT2D eigenvalue weighted by molar-refractivity contribution is -0.136. The Kier molecular flexibility index (Phi) is 8.83. The summed E-state index contributed by atoms with van der Waals surface area (Å²) in [6.07, 6.45) is -4.34. The minimum absolute atomic E-state index is 0.0273. The number of nitrogens with two attached hydrogens (primary N) is 1. The molecule has 1 unspecified atom stereocenters. The Morgan fingerprint density at radius 3 is 2.10 bits per heavy atom. The van der Waals surface area contributed by atoms with Crippen LogP contribution in [0.5, 0.6) is 0 Å². The Hall–Kier alpha value is -1.40. The van der Waals surface area contributed by atoms with Crippen molar-refractivity contribution in [1.29, 1.82) is 0 Å². The molecule has 1 atom stereocenters. The van der Waals surface area contributed by atoms with Crippen molar-refractivity contribution in [2.75, 3.05) is 20.8 Å². The molecule has 6 heteroatoms. The van der Waals surface area contributed by atoms with Crippen LogP contribution in [0, 0.1) is 0 Å². The molecule has 1 rings (SSSR count). The van der Waals surface area contributed by atoms with Gasteiger partial charge in [0.15, 0.2) is 0 Å². The van der Waals surface area contributed by atoms with E-state index in [1.165, 1.54) is 0 Å². The standard InChI is InChI=1S/C12H14F3NO.C2H6O/c13-12(14,15)6-5-11(7-16)10-3-1-9(8-17)2-4-10;1-3-2/h1-4,8,11H,5-7,16H2;1-2H3. The van der Waals surface area contributed by atoms with E-state index >= 15 is 0 Å². The molecule has 0 bridgehead atoms. The second kappa shape index (κ2) is 9.50. The monoisotopic (exact) mass is 291 g/mol. The van der Waals surface area contributed by atoms with Crippen molar-refractivity contribution < 1.29 is 22.7 Å². The maximum absolute atomic E-state index is 12.1. The van der Waals surface area contributed by atoms with Crippen LogP contribution in [0.1, 0.15) is 34.7 Å². The summed E-state index contributed by atoms with van der Waals surface area (Å²) in [4.78, 5) is 10.4. The van der Waals surface area contributed by atoms with Crippen molar-refractivity contribution in [2.45, 2.75) is 24.9 Å². The summed E-state index contributed by atoms with van der Waals surface area (Å²) in [7, 11) is 3.25. The largest absolute Gasteiger partial charge is 0.389 e. The number of methoxy groups -OCH3 is 1. The van der Waals surface area contributed by atoms with Crippen LogP contribution in [0.15, 0.2) is 24.3 Å². The number of carbonyl (C=O) groups is 1. The molecule has 2 N–H and O–H groups in total. The smallest absolute Gasteiger partial charge is 0.388 e. The van der Waals surface area contributed by atoms with Gasteiger partial charge in [-0.3, -0.25) is 4.79 Å². The molecule has 0 amide bonds. The minimum atomic E-state index is -4.16. The molecule has 0 fully saturated rings. The average Bonchev–Trinajstić information content (AvgIpc) is 2.40. The third-order valence-corrected chi connectivity index (χ3v) is 2.60. The van der Waals surface area contributed by atoms with E-state index in [1.807, 2.05) is 0 Å². The van der Waals surface area contributed by atoms with E-state index in [1.54, 1.807) is 38.5 Å². The summed E-state index contributed by atoms with van der Waals surface area (Å²) >= 11 is 0. The van der Waals surface area contributed by atoms with Gasteiger partial charge in [0.05, 0.1) is 0 Å². The number of carbonyl (C=O) groups excluding carboxylic acids is 1. The van der Waals surface area contributed by atoms with Crippen molar-refractivity contribution in [3.63, 3.8) is 0 Å². The normalized spacial score (nSPS) is 12.3. The van der Waals surface area contributed by atoms with Crippen LogP contribution >= 0.6 is 0 Å². The lowest BCUT2D eigenvalue weighted by Gasteiger charge is -2.16. The number of hydrogen-bond acceptors (Lipinski definition) is 3. The van der Waals surface area contributed by atoms with Gasteiger partial charge < -0.3 is 10.5 Å². The van der Waals surface area contributed by atoms with E-state index in [0.717, 1.165) is 5.56 Å². The predicted molar refractivity (Wildman–Crippen MR) is 71.8 cm³/mol. The molecule has 0 aromatic heterocycles. The van der Waals surface area contributed by atoms with Crippen molar-refractivity contribution in [3.05, 3.63) is 35.4 Å². The predicted octanol–water partition coefficient (Wildman–Crippen LogP) is 3.15. The van der Waals surface area contributed by atoms with Crippen LogP contribution < -0.4 is 5.73 Å². The number of rotatable bonds is 5. The molecule has 0 saturated heterocycles. The zero-order chi connectivity index (χ0) is 15.6. The fourth-order valence-corrected chi connectivity index (χ4v) is 1.61. The van der Waals surface area contributed by atoms with E-state index in [9.17, 15) is 18.0 Å².